The highest BCUT2D eigenvalue weighted by atomic mass is 32.2. The van der Waals surface area contributed by atoms with E-state index in [1.165, 1.54) is 13.3 Å². The highest BCUT2D eigenvalue weighted by molar-refractivity contribution is 8.38. The molecule has 7 heteroatoms. The number of aromatic amines is 1. The van der Waals surface area contributed by atoms with Gasteiger partial charge in [-0.2, -0.15) is 5.10 Å². The zero-order valence-corrected chi connectivity index (χ0v) is 10.3. The van der Waals surface area contributed by atoms with E-state index in [0.29, 0.717) is 11.4 Å². The minimum atomic E-state index is 0.0593. The van der Waals surface area contributed by atoms with Crippen molar-refractivity contribution in [3.8, 4) is 0 Å². The molecular formula is C8H12N4OS2. The number of H-pyrrole nitrogens is 1. The van der Waals surface area contributed by atoms with Crippen molar-refractivity contribution < 1.29 is 4.74 Å². The zero-order valence-electron chi connectivity index (χ0n) is 8.70. The maximum absolute atomic E-state index is 7.53. The lowest BCUT2D eigenvalue weighted by atomic mass is 10.3. The van der Waals surface area contributed by atoms with Crippen LogP contribution in [0.4, 0.5) is 5.82 Å². The van der Waals surface area contributed by atoms with E-state index in [1.807, 2.05) is 12.5 Å². The van der Waals surface area contributed by atoms with Crippen molar-refractivity contribution in [2.24, 2.45) is 4.99 Å². The maximum Gasteiger partial charge on any atom is 0.218 e. The lowest BCUT2D eigenvalue weighted by Gasteiger charge is -2.01. The smallest absolute Gasteiger partial charge is 0.218 e. The molecule has 0 fully saturated rings. The molecule has 0 bridgehead atoms. The molecule has 0 saturated carbocycles. The van der Waals surface area contributed by atoms with Crippen LogP contribution in [0.25, 0.3) is 0 Å². The number of ether oxygens (including phenoxy) is 1. The van der Waals surface area contributed by atoms with Crippen LogP contribution in [0.15, 0.2) is 11.2 Å². The molecule has 0 unspecified atom stereocenters. The van der Waals surface area contributed by atoms with Crippen molar-refractivity contribution in [2.75, 3.05) is 19.6 Å². The third-order valence-corrected chi connectivity index (χ3v) is 3.50. The van der Waals surface area contributed by atoms with Gasteiger partial charge in [0.15, 0.2) is 5.82 Å². The summed E-state index contributed by atoms with van der Waals surface area (Å²) in [7, 11) is 1.45. The van der Waals surface area contributed by atoms with Crippen molar-refractivity contribution in [3.05, 3.63) is 11.8 Å². The molecule has 0 aliphatic carbocycles. The number of aliphatic imine (C=N–C) groups is 1. The number of hydrogen-bond donors (Lipinski definition) is 2. The predicted molar refractivity (Wildman–Crippen MR) is 66.6 cm³/mol. The van der Waals surface area contributed by atoms with Crippen LogP contribution in [-0.2, 0) is 4.74 Å². The molecule has 0 radical (unpaired) electrons. The zero-order chi connectivity index (χ0) is 11.3. The van der Waals surface area contributed by atoms with E-state index in [0.717, 1.165) is 4.38 Å². The monoisotopic (exact) mass is 244 g/mol. The fourth-order valence-electron chi connectivity index (χ4n) is 0.907. The van der Waals surface area contributed by atoms with Gasteiger partial charge in [-0.05, 0) is 12.5 Å². The number of rotatable bonds is 2. The third kappa shape index (κ3) is 3.00. The first kappa shape index (κ1) is 12.1. The molecule has 2 N–H and O–H groups in total. The first-order chi connectivity index (χ1) is 7.22. The van der Waals surface area contributed by atoms with Crippen molar-refractivity contribution in [2.45, 2.75) is 0 Å². The molecule has 1 aromatic heterocycles. The Bertz CT molecular complexity index is 368. The third-order valence-electron chi connectivity index (χ3n) is 1.62. The van der Waals surface area contributed by atoms with Gasteiger partial charge in [-0.15, -0.1) is 23.5 Å². The van der Waals surface area contributed by atoms with Gasteiger partial charge in [-0.3, -0.25) is 10.5 Å². The fourth-order valence-corrected chi connectivity index (χ4v) is 1.94. The highest BCUT2D eigenvalue weighted by Gasteiger charge is 2.10. The van der Waals surface area contributed by atoms with Gasteiger partial charge in [0.1, 0.15) is 9.94 Å². The Hall–Kier alpha value is -0.950. The second kappa shape index (κ2) is 5.82. The summed E-state index contributed by atoms with van der Waals surface area (Å²) >= 11 is 3.10. The first-order valence-electron chi connectivity index (χ1n) is 4.05. The van der Waals surface area contributed by atoms with Crippen LogP contribution in [-0.4, -0.2) is 40.1 Å². The molecule has 0 aliphatic rings. The van der Waals surface area contributed by atoms with Crippen molar-refractivity contribution in [1.29, 1.82) is 5.41 Å². The normalized spacial score (nSPS) is 9.80. The highest BCUT2D eigenvalue weighted by Crippen LogP contribution is 2.21. The number of aromatic nitrogens is 2. The van der Waals surface area contributed by atoms with E-state index in [4.69, 9.17) is 10.1 Å². The average Bonchev–Trinajstić information content (AvgIpc) is 2.72. The minimum absolute atomic E-state index is 0.0593. The largest absolute Gasteiger partial charge is 0.481 e. The van der Waals surface area contributed by atoms with Gasteiger partial charge >= 0.3 is 0 Å². The van der Waals surface area contributed by atoms with E-state index >= 15 is 0 Å². The fraction of sp³-hybridized carbons (Fsp3) is 0.375. The molecule has 0 spiro atoms. The Balaban J connectivity index is 3.00. The Morgan fingerprint density at radius 2 is 2.20 bits per heavy atom. The molecule has 0 aromatic carbocycles. The summed E-state index contributed by atoms with van der Waals surface area (Å²) in [6, 6.07) is 0. The van der Waals surface area contributed by atoms with Gasteiger partial charge in [-0.25, -0.2) is 4.99 Å². The van der Waals surface area contributed by atoms with Gasteiger partial charge < -0.3 is 4.74 Å². The van der Waals surface area contributed by atoms with Crippen LogP contribution in [0.2, 0.25) is 0 Å². The Morgan fingerprint density at radius 3 is 2.73 bits per heavy atom. The van der Waals surface area contributed by atoms with Crippen LogP contribution in [0.3, 0.4) is 0 Å². The van der Waals surface area contributed by atoms with Crippen LogP contribution in [0, 0.1) is 5.41 Å². The van der Waals surface area contributed by atoms with Crippen LogP contribution >= 0.6 is 23.5 Å². The molecule has 5 nitrogen and oxygen atoms in total. The quantitative estimate of drug-likeness (QED) is 0.617. The predicted octanol–water partition coefficient (Wildman–Crippen LogP) is 2.09. The standard InChI is InChI=1S/C8H12N4OS2/c1-13-6(9)5-4-10-12-7(5)11-8(14-2)15-3/h4,9H,1-3H3,(H,10,12). The molecule has 0 atom stereocenters. The van der Waals surface area contributed by atoms with Gasteiger partial charge in [0, 0.05) is 0 Å². The van der Waals surface area contributed by atoms with E-state index in [9.17, 15) is 0 Å². The van der Waals surface area contributed by atoms with Crippen molar-refractivity contribution in [1.82, 2.24) is 10.2 Å². The second-order valence-corrected chi connectivity index (χ2v) is 4.30. The maximum atomic E-state index is 7.53. The summed E-state index contributed by atoms with van der Waals surface area (Å²) < 4.78 is 5.73. The van der Waals surface area contributed by atoms with E-state index < -0.39 is 0 Å². The van der Waals surface area contributed by atoms with Crippen LogP contribution in [0.5, 0.6) is 0 Å². The summed E-state index contributed by atoms with van der Waals surface area (Å²) in [6.45, 7) is 0. The summed E-state index contributed by atoms with van der Waals surface area (Å²) in [6.07, 6.45) is 5.43. The average molecular weight is 244 g/mol. The Kier molecular flexibility index (Phi) is 4.70. The van der Waals surface area contributed by atoms with Crippen molar-refractivity contribution in [3.63, 3.8) is 0 Å². The van der Waals surface area contributed by atoms with E-state index in [2.05, 4.69) is 15.2 Å². The summed E-state index contributed by atoms with van der Waals surface area (Å²) in [5.41, 5.74) is 0.568. The second-order valence-electron chi connectivity index (χ2n) is 2.45. The summed E-state index contributed by atoms with van der Waals surface area (Å²) in [5.74, 6) is 0.615. The van der Waals surface area contributed by atoms with Gasteiger partial charge in [0.25, 0.3) is 0 Å². The Labute approximate surface area is 96.6 Å². The minimum Gasteiger partial charge on any atom is -0.481 e. The number of nitrogens with zero attached hydrogens (tertiary/aromatic N) is 2. The lowest BCUT2D eigenvalue weighted by molar-refractivity contribution is 0.401. The van der Waals surface area contributed by atoms with Gasteiger partial charge in [0.2, 0.25) is 5.90 Å². The number of thioether (sulfide) groups is 2. The molecule has 15 heavy (non-hydrogen) atoms. The Morgan fingerprint density at radius 1 is 1.53 bits per heavy atom. The van der Waals surface area contributed by atoms with Crippen LogP contribution in [0.1, 0.15) is 5.56 Å². The van der Waals surface area contributed by atoms with Gasteiger partial charge in [-0.1, -0.05) is 0 Å². The molecular weight excluding hydrogens is 232 g/mol. The van der Waals surface area contributed by atoms with Gasteiger partial charge in [0.05, 0.1) is 13.3 Å². The molecule has 1 aromatic rings. The van der Waals surface area contributed by atoms with E-state index in [-0.39, 0.29) is 5.90 Å². The van der Waals surface area contributed by atoms with Crippen molar-refractivity contribution >= 4 is 39.6 Å². The molecule has 1 heterocycles. The number of methoxy groups -OCH3 is 1. The first-order valence-corrected chi connectivity index (χ1v) is 6.50. The molecule has 0 aliphatic heterocycles. The molecule has 82 valence electrons. The number of hydrogen-bond acceptors (Lipinski definition) is 6. The molecule has 0 amide bonds. The topological polar surface area (TPSA) is 74.1 Å². The molecule has 0 saturated heterocycles. The van der Waals surface area contributed by atoms with E-state index in [1.54, 1.807) is 23.5 Å². The number of nitrogens with one attached hydrogen (secondary N) is 2. The SMILES string of the molecule is COC(=N)c1cn[nH]c1N=C(SC)SC. The van der Waals surface area contributed by atoms with Crippen LogP contribution < -0.4 is 0 Å². The summed E-state index contributed by atoms with van der Waals surface area (Å²) in [4.78, 5) is 4.33. The lowest BCUT2D eigenvalue weighted by Crippen LogP contribution is -1.99. The summed E-state index contributed by atoms with van der Waals surface area (Å²) in [5, 5.41) is 14.1. The molecule has 1 rings (SSSR count).